The third-order valence-electron chi connectivity index (χ3n) is 5.45. The van der Waals surface area contributed by atoms with Gasteiger partial charge in [-0.3, -0.25) is 4.68 Å². The Hall–Kier alpha value is -1.02. The van der Waals surface area contributed by atoms with Crippen LogP contribution >= 0.6 is 0 Å². The van der Waals surface area contributed by atoms with E-state index >= 15 is 0 Å². The monoisotopic (exact) mass is 322 g/mol. The van der Waals surface area contributed by atoms with Gasteiger partial charge in [0.2, 0.25) is 0 Å². The van der Waals surface area contributed by atoms with Gasteiger partial charge in [-0.15, -0.1) is 5.10 Å². The summed E-state index contributed by atoms with van der Waals surface area (Å²) < 4.78 is 7.19. The van der Waals surface area contributed by atoms with Gasteiger partial charge in [0.15, 0.2) is 0 Å². The van der Waals surface area contributed by atoms with Crippen molar-refractivity contribution in [1.82, 2.24) is 20.3 Å². The lowest BCUT2D eigenvalue weighted by Crippen LogP contribution is -2.47. The van der Waals surface area contributed by atoms with Gasteiger partial charge < -0.3 is 20.3 Å². The molecule has 3 N–H and O–H groups in total. The van der Waals surface area contributed by atoms with E-state index in [1.54, 1.807) is 0 Å². The van der Waals surface area contributed by atoms with Crippen molar-refractivity contribution in [2.45, 2.75) is 68.9 Å². The molecule has 0 aromatic carbocycles. The molecule has 1 aromatic rings. The van der Waals surface area contributed by atoms with E-state index in [0.29, 0.717) is 18.5 Å². The van der Waals surface area contributed by atoms with E-state index in [1.165, 1.54) is 12.8 Å². The highest BCUT2D eigenvalue weighted by atomic mass is 16.5. The van der Waals surface area contributed by atoms with Crippen LogP contribution in [0.5, 0.6) is 0 Å². The van der Waals surface area contributed by atoms with Crippen LogP contribution < -0.4 is 5.32 Å². The summed E-state index contributed by atoms with van der Waals surface area (Å²) in [6.45, 7) is 2.16. The molecular formula is C16H26N4O3. The Labute approximate surface area is 136 Å². The van der Waals surface area contributed by atoms with Crippen LogP contribution in [0.15, 0.2) is 6.20 Å². The molecule has 2 aliphatic carbocycles. The van der Waals surface area contributed by atoms with Gasteiger partial charge in [-0.25, -0.2) is 0 Å². The predicted octanol–water partition coefficient (Wildman–Crippen LogP) is 0.0344. The zero-order valence-electron chi connectivity index (χ0n) is 13.3. The molecule has 7 heteroatoms. The Morgan fingerprint density at radius 3 is 2.70 bits per heavy atom. The minimum absolute atomic E-state index is 0.0103. The topological polar surface area (TPSA) is 92.4 Å². The van der Waals surface area contributed by atoms with E-state index in [4.69, 9.17) is 4.74 Å². The van der Waals surface area contributed by atoms with Gasteiger partial charge >= 0.3 is 0 Å². The van der Waals surface area contributed by atoms with E-state index in [0.717, 1.165) is 38.2 Å². The highest BCUT2D eigenvalue weighted by Gasteiger charge is 2.42. The van der Waals surface area contributed by atoms with Gasteiger partial charge in [0.05, 0.1) is 17.9 Å². The van der Waals surface area contributed by atoms with Crippen LogP contribution in [0, 0.1) is 5.92 Å². The number of hydrogen-bond donors (Lipinski definition) is 3. The molecule has 4 atom stereocenters. The fraction of sp³-hybridized carbons (Fsp3) is 0.875. The quantitative estimate of drug-likeness (QED) is 0.709. The second-order valence-electron chi connectivity index (χ2n) is 7.28. The van der Waals surface area contributed by atoms with Crippen molar-refractivity contribution in [3.8, 4) is 0 Å². The first kappa shape index (κ1) is 15.5. The third kappa shape index (κ3) is 3.42. The molecule has 23 heavy (non-hydrogen) atoms. The number of ether oxygens (including phenoxy) is 1. The van der Waals surface area contributed by atoms with Gasteiger partial charge in [-0.05, 0) is 32.1 Å². The van der Waals surface area contributed by atoms with Gasteiger partial charge in [0.1, 0.15) is 0 Å². The maximum atomic E-state index is 10.4. The molecule has 2 saturated carbocycles. The van der Waals surface area contributed by atoms with Gasteiger partial charge in [0.25, 0.3) is 0 Å². The SMILES string of the molecule is O[C@@H]1[C@@H](Cn2cc(C3CC3)nn2)C[C@@H](NC2CCOCC2)[C@@H]1O. The number of hydrogen-bond acceptors (Lipinski definition) is 6. The summed E-state index contributed by atoms with van der Waals surface area (Å²) >= 11 is 0. The molecule has 3 fully saturated rings. The molecule has 0 bridgehead atoms. The normalized spacial score (nSPS) is 35.7. The molecule has 4 rings (SSSR count). The number of nitrogens with zero attached hydrogens (tertiary/aromatic N) is 3. The second-order valence-corrected chi connectivity index (χ2v) is 7.28. The van der Waals surface area contributed by atoms with Crippen molar-refractivity contribution < 1.29 is 14.9 Å². The molecule has 0 unspecified atom stereocenters. The maximum Gasteiger partial charge on any atom is 0.0955 e. The molecular weight excluding hydrogens is 296 g/mol. The van der Waals surface area contributed by atoms with Crippen LogP contribution in [0.3, 0.4) is 0 Å². The molecule has 0 radical (unpaired) electrons. The first-order valence-electron chi connectivity index (χ1n) is 8.80. The fourth-order valence-corrected chi connectivity index (χ4v) is 3.85. The summed E-state index contributed by atoms with van der Waals surface area (Å²) in [4.78, 5) is 0. The van der Waals surface area contributed by atoms with Crippen molar-refractivity contribution in [3.63, 3.8) is 0 Å². The lowest BCUT2D eigenvalue weighted by atomic mass is 10.1. The Bertz CT molecular complexity index is 527. The summed E-state index contributed by atoms with van der Waals surface area (Å²) in [5.41, 5.74) is 1.06. The molecule has 7 nitrogen and oxygen atoms in total. The molecule has 0 spiro atoms. The second kappa shape index (κ2) is 6.47. The lowest BCUT2D eigenvalue weighted by molar-refractivity contribution is 0.00271. The van der Waals surface area contributed by atoms with E-state index in [2.05, 4.69) is 15.6 Å². The minimum atomic E-state index is -0.714. The fourth-order valence-electron chi connectivity index (χ4n) is 3.85. The van der Waals surface area contributed by atoms with Crippen LogP contribution in [-0.2, 0) is 11.3 Å². The van der Waals surface area contributed by atoms with Crippen molar-refractivity contribution in [2.24, 2.45) is 5.92 Å². The summed E-state index contributed by atoms with van der Waals surface area (Å²) in [5, 5.41) is 32.6. The van der Waals surface area contributed by atoms with E-state index in [9.17, 15) is 10.2 Å². The van der Waals surface area contributed by atoms with Crippen molar-refractivity contribution in [1.29, 1.82) is 0 Å². The number of aromatic nitrogens is 3. The van der Waals surface area contributed by atoms with Gasteiger partial charge in [0, 0.05) is 49.9 Å². The molecule has 128 valence electrons. The van der Waals surface area contributed by atoms with Gasteiger partial charge in [-0.1, -0.05) is 5.21 Å². The first-order chi connectivity index (χ1) is 11.2. The summed E-state index contributed by atoms with van der Waals surface area (Å²) in [5.74, 6) is 0.599. The molecule has 1 aromatic heterocycles. The Morgan fingerprint density at radius 1 is 1.17 bits per heavy atom. The van der Waals surface area contributed by atoms with Crippen LogP contribution in [0.2, 0.25) is 0 Å². The lowest BCUT2D eigenvalue weighted by Gasteiger charge is -2.28. The molecule has 3 aliphatic rings. The van der Waals surface area contributed by atoms with Crippen molar-refractivity contribution >= 4 is 0 Å². The van der Waals surface area contributed by atoms with Crippen LogP contribution in [-0.4, -0.2) is 62.7 Å². The van der Waals surface area contributed by atoms with E-state index < -0.39 is 12.2 Å². The van der Waals surface area contributed by atoms with Gasteiger partial charge in [-0.2, -0.15) is 0 Å². The average Bonchev–Trinajstić information content (AvgIpc) is 3.27. The summed E-state index contributed by atoms with van der Waals surface area (Å²) in [6.07, 6.45) is 5.69. The van der Waals surface area contributed by atoms with E-state index in [1.807, 2.05) is 10.9 Å². The first-order valence-corrected chi connectivity index (χ1v) is 8.80. The minimum Gasteiger partial charge on any atom is -0.390 e. The standard InChI is InChI=1S/C16H26N4O3/c21-15-11(8-20-9-14(18-19-20)10-1-2-10)7-13(16(15)22)17-12-3-5-23-6-4-12/h9-13,15-17,21-22H,1-8H2/t11-,13-,15-,16+/m1/s1. The number of rotatable bonds is 5. The third-order valence-corrected chi connectivity index (χ3v) is 5.45. The zero-order valence-corrected chi connectivity index (χ0v) is 13.3. The summed E-state index contributed by atoms with van der Waals surface area (Å²) in [7, 11) is 0. The Kier molecular flexibility index (Phi) is 4.36. The molecule has 0 amide bonds. The predicted molar refractivity (Wildman–Crippen MR) is 82.9 cm³/mol. The van der Waals surface area contributed by atoms with Crippen molar-refractivity contribution in [2.75, 3.05) is 13.2 Å². The number of aliphatic hydroxyl groups is 2. The zero-order chi connectivity index (χ0) is 15.8. The average molecular weight is 322 g/mol. The molecule has 1 aliphatic heterocycles. The number of aliphatic hydroxyl groups excluding tert-OH is 2. The largest absolute Gasteiger partial charge is 0.390 e. The molecule has 2 heterocycles. The van der Waals surface area contributed by atoms with Crippen molar-refractivity contribution in [3.05, 3.63) is 11.9 Å². The van der Waals surface area contributed by atoms with Crippen LogP contribution in [0.1, 0.15) is 43.7 Å². The van der Waals surface area contributed by atoms with E-state index in [-0.39, 0.29) is 12.0 Å². The highest BCUT2D eigenvalue weighted by Crippen LogP contribution is 2.38. The summed E-state index contributed by atoms with van der Waals surface area (Å²) in [6, 6.07) is 0.326. The molecule has 1 saturated heterocycles. The highest BCUT2D eigenvalue weighted by molar-refractivity contribution is 5.09. The Morgan fingerprint density at radius 2 is 1.96 bits per heavy atom. The van der Waals surface area contributed by atoms with Crippen LogP contribution in [0.25, 0.3) is 0 Å². The Balaban J connectivity index is 1.34. The number of nitrogens with one attached hydrogen (secondary N) is 1. The smallest absolute Gasteiger partial charge is 0.0955 e. The van der Waals surface area contributed by atoms with Crippen LogP contribution in [0.4, 0.5) is 0 Å². The maximum absolute atomic E-state index is 10.4.